The van der Waals surface area contributed by atoms with Crippen molar-refractivity contribution in [3.8, 4) is 5.75 Å². The molecule has 3 rings (SSSR count). The van der Waals surface area contributed by atoms with Crippen LogP contribution >= 0.6 is 0 Å². The van der Waals surface area contributed by atoms with Crippen LogP contribution in [-0.2, 0) is 16.6 Å². The molecule has 21 heavy (non-hydrogen) atoms. The van der Waals surface area contributed by atoms with Gasteiger partial charge in [0.2, 0.25) is 10.0 Å². The first-order chi connectivity index (χ1) is 9.92. The van der Waals surface area contributed by atoms with Gasteiger partial charge >= 0.3 is 0 Å². The Kier molecular flexibility index (Phi) is 3.69. The van der Waals surface area contributed by atoms with Crippen molar-refractivity contribution < 1.29 is 17.5 Å². The van der Waals surface area contributed by atoms with E-state index in [9.17, 15) is 12.8 Å². The minimum absolute atomic E-state index is 0.0544. The molecule has 0 amide bonds. The Hall–Kier alpha value is -1.14. The lowest BCUT2D eigenvalue weighted by atomic mass is 10.1. The molecule has 1 heterocycles. The second kappa shape index (κ2) is 5.25. The van der Waals surface area contributed by atoms with E-state index < -0.39 is 15.8 Å². The summed E-state index contributed by atoms with van der Waals surface area (Å²) in [6, 6.07) is 2.82. The van der Waals surface area contributed by atoms with Crippen molar-refractivity contribution in [2.75, 3.05) is 12.4 Å². The lowest BCUT2D eigenvalue weighted by molar-refractivity contribution is 0.284. The van der Waals surface area contributed by atoms with E-state index in [1.165, 1.54) is 10.4 Å². The van der Waals surface area contributed by atoms with Gasteiger partial charge in [-0.25, -0.2) is 12.8 Å². The number of nitrogens with zero attached hydrogens (tertiary/aromatic N) is 1. The fraction of sp³-hybridized carbons (Fsp3) is 0.600. The maximum absolute atomic E-state index is 14.1. The molecule has 0 radical (unpaired) electrons. The zero-order valence-electron chi connectivity index (χ0n) is 12.3. The average Bonchev–Trinajstić information content (AvgIpc) is 3.21. The Balaban J connectivity index is 1.86. The van der Waals surface area contributed by atoms with Gasteiger partial charge in [-0.3, -0.25) is 0 Å². The van der Waals surface area contributed by atoms with Gasteiger partial charge in [0.25, 0.3) is 0 Å². The minimum atomic E-state index is -3.29. The van der Waals surface area contributed by atoms with E-state index in [0.717, 1.165) is 24.0 Å². The summed E-state index contributed by atoms with van der Waals surface area (Å²) in [4.78, 5) is 0. The van der Waals surface area contributed by atoms with E-state index in [4.69, 9.17) is 4.74 Å². The van der Waals surface area contributed by atoms with Crippen molar-refractivity contribution in [1.82, 2.24) is 4.31 Å². The molecule has 1 aromatic carbocycles. The quantitative estimate of drug-likeness (QED) is 0.840. The zero-order valence-corrected chi connectivity index (χ0v) is 13.1. The van der Waals surface area contributed by atoms with Crippen LogP contribution in [0.3, 0.4) is 0 Å². The second-order valence-electron chi connectivity index (χ2n) is 5.86. The Bertz CT molecular complexity index is 655. The number of fused-ring (bicyclic) bond motifs is 1. The third-order valence-electron chi connectivity index (χ3n) is 4.30. The molecule has 116 valence electrons. The molecule has 2 aliphatic rings. The molecule has 0 bridgehead atoms. The predicted octanol–water partition coefficient (Wildman–Crippen LogP) is 2.84. The summed E-state index contributed by atoms with van der Waals surface area (Å²) in [7, 11) is -3.29. The third kappa shape index (κ3) is 2.79. The van der Waals surface area contributed by atoms with E-state index in [1.54, 1.807) is 13.0 Å². The summed E-state index contributed by atoms with van der Waals surface area (Å²) in [5, 5.41) is 0. The largest absolute Gasteiger partial charge is 0.490 e. The molecule has 6 heteroatoms. The molecule has 0 unspecified atom stereocenters. The van der Waals surface area contributed by atoms with Crippen LogP contribution in [0.4, 0.5) is 4.39 Å². The van der Waals surface area contributed by atoms with Gasteiger partial charge in [-0.2, -0.15) is 4.31 Å². The molecule has 1 aromatic rings. The summed E-state index contributed by atoms with van der Waals surface area (Å²) in [5.41, 5.74) is 1.58. The van der Waals surface area contributed by atoms with Gasteiger partial charge in [0, 0.05) is 12.6 Å². The van der Waals surface area contributed by atoms with Crippen LogP contribution in [0, 0.1) is 11.7 Å². The van der Waals surface area contributed by atoms with E-state index in [0.29, 0.717) is 12.5 Å². The van der Waals surface area contributed by atoms with Gasteiger partial charge in [-0.1, -0.05) is 0 Å². The highest BCUT2D eigenvalue weighted by Gasteiger charge is 2.35. The highest BCUT2D eigenvalue weighted by molar-refractivity contribution is 7.89. The molecular weight excluding hydrogens is 293 g/mol. The van der Waals surface area contributed by atoms with Crippen molar-refractivity contribution >= 4 is 10.0 Å². The van der Waals surface area contributed by atoms with Crippen molar-refractivity contribution in [2.24, 2.45) is 5.92 Å². The normalized spacial score (nSPS) is 22.3. The maximum atomic E-state index is 14.1. The summed E-state index contributed by atoms with van der Waals surface area (Å²) in [5.74, 6) is 0.436. The van der Waals surface area contributed by atoms with Gasteiger partial charge in [-0.05, 0) is 55.9 Å². The van der Waals surface area contributed by atoms with E-state index in [1.807, 2.05) is 6.92 Å². The van der Waals surface area contributed by atoms with Gasteiger partial charge in [0.1, 0.15) is 0 Å². The molecule has 1 aliphatic heterocycles. The number of rotatable bonds is 5. The van der Waals surface area contributed by atoms with E-state index in [2.05, 4.69) is 0 Å². The van der Waals surface area contributed by atoms with Crippen molar-refractivity contribution in [3.63, 3.8) is 0 Å². The SMILES string of the molecule is CCS(=O)(=O)N1Cc2cc(F)c(OCC3CC3)cc2[C@H]1C. The maximum Gasteiger partial charge on any atom is 0.214 e. The Morgan fingerprint density at radius 3 is 2.71 bits per heavy atom. The lowest BCUT2D eigenvalue weighted by Gasteiger charge is -2.20. The van der Waals surface area contributed by atoms with Crippen LogP contribution < -0.4 is 4.74 Å². The van der Waals surface area contributed by atoms with Crippen LogP contribution in [0.1, 0.15) is 43.9 Å². The standard InChI is InChI=1S/C15H20FNO3S/c1-3-21(18,19)17-8-12-6-14(16)15(7-13(12)10(17)2)20-9-11-4-5-11/h6-7,10-11H,3-5,8-9H2,1-2H3/t10-/m1/s1. The monoisotopic (exact) mass is 313 g/mol. The average molecular weight is 313 g/mol. The first-order valence-corrected chi connectivity index (χ1v) is 8.98. The molecule has 4 nitrogen and oxygen atoms in total. The Morgan fingerprint density at radius 1 is 1.38 bits per heavy atom. The minimum Gasteiger partial charge on any atom is -0.490 e. The van der Waals surface area contributed by atoms with Gasteiger partial charge in [-0.15, -0.1) is 0 Å². The molecule has 0 aromatic heterocycles. The third-order valence-corrected chi connectivity index (χ3v) is 6.19. The first kappa shape index (κ1) is 14.8. The summed E-state index contributed by atoms with van der Waals surface area (Å²) in [6.07, 6.45) is 2.29. The number of benzene rings is 1. The molecule has 0 spiro atoms. The first-order valence-electron chi connectivity index (χ1n) is 7.37. The number of sulfonamides is 1. The van der Waals surface area contributed by atoms with Gasteiger partial charge < -0.3 is 4.74 Å². The number of hydrogen-bond donors (Lipinski definition) is 0. The molecule has 1 atom stereocenters. The van der Waals surface area contributed by atoms with Crippen LogP contribution in [0.15, 0.2) is 12.1 Å². The van der Waals surface area contributed by atoms with Gasteiger partial charge in [0.15, 0.2) is 11.6 Å². The fourth-order valence-corrected chi connectivity index (χ4v) is 3.97. The molecule has 0 saturated heterocycles. The second-order valence-corrected chi connectivity index (χ2v) is 8.07. The number of hydrogen-bond acceptors (Lipinski definition) is 3. The van der Waals surface area contributed by atoms with E-state index >= 15 is 0 Å². The number of halogens is 1. The number of ether oxygens (including phenoxy) is 1. The smallest absolute Gasteiger partial charge is 0.214 e. The fourth-order valence-electron chi connectivity index (χ4n) is 2.70. The summed E-state index contributed by atoms with van der Waals surface area (Å²) < 4.78 is 45.2. The van der Waals surface area contributed by atoms with Crippen molar-refractivity contribution in [3.05, 3.63) is 29.1 Å². The highest BCUT2D eigenvalue weighted by atomic mass is 32.2. The van der Waals surface area contributed by atoms with Crippen LogP contribution in [0.5, 0.6) is 5.75 Å². The highest BCUT2D eigenvalue weighted by Crippen LogP contribution is 2.39. The van der Waals surface area contributed by atoms with Crippen LogP contribution in [-0.4, -0.2) is 25.1 Å². The summed E-state index contributed by atoms with van der Waals surface area (Å²) in [6.45, 7) is 4.24. The Morgan fingerprint density at radius 2 is 2.10 bits per heavy atom. The zero-order chi connectivity index (χ0) is 15.2. The van der Waals surface area contributed by atoms with Crippen molar-refractivity contribution in [1.29, 1.82) is 0 Å². The topological polar surface area (TPSA) is 46.6 Å². The van der Waals surface area contributed by atoms with Crippen molar-refractivity contribution in [2.45, 2.75) is 39.3 Å². The summed E-state index contributed by atoms with van der Waals surface area (Å²) >= 11 is 0. The molecule has 0 N–H and O–H groups in total. The van der Waals surface area contributed by atoms with E-state index in [-0.39, 0.29) is 24.1 Å². The lowest BCUT2D eigenvalue weighted by Crippen LogP contribution is -2.29. The van der Waals surface area contributed by atoms with Crippen LogP contribution in [0.2, 0.25) is 0 Å². The molecule has 1 aliphatic carbocycles. The van der Waals surface area contributed by atoms with Crippen LogP contribution in [0.25, 0.3) is 0 Å². The molecular formula is C15H20FNO3S. The molecule has 1 saturated carbocycles. The molecule has 1 fully saturated rings. The Labute approximate surface area is 125 Å². The predicted molar refractivity (Wildman–Crippen MR) is 78.0 cm³/mol. The van der Waals surface area contributed by atoms with Gasteiger partial charge in [0.05, 0.1) is 12.4 Å².